The molecule has 1 N–H and O–H groups in total. The summed E-state index contributed by atoms with van der Waals surface area (Å²) in [7, 11) is 0. The van der Waals surface area contributed by atoms with Crippen LogP contribution in [0.2, 0.25) is 0 Å². The lowest BCUT2D eigenvalue weighted by Crippen LogP contribution is -2.07. The smallest absolute Gasteiger partial charge is 0.0812 e. The minimum Gasteiger partial charge on any atom is -0.388 e. The Morgan fingerprint density at radius 2 is 1.59 bits per heavy atom. The van der Waals surface area contributed by atoms with Gasteiger partial charge in [0.15, 0.2) is 0 Å². The third-order valence-corrected chi connectivity index (χ3v) is 3.99. The maximum absolute atomic E-state index is 10.00. The third kappa shape index (κ3) is 3.10. The molecule has 0 saturated heterocycles. The number of hydrogen-bond acceptors (Lipinski definition) is 1. The molecule has 1 saturated carbocycles. The first-order valence-electron chi connectivity index (χ1n) is 6.96. The molecule has 0 radical (unpaired) electrons. The lowest BCUT2D eigenvalue weighted by atomic mass is 9.83. The van der Waals surface area contributed by atoms with Crippen LogP contribution in [0.25, 0.3) is 0 Å². The predicted octanol–water partition coefficient (Wildman–Crippen LogP) is 4.42. The zero-order valence-corrected chi connectivity index (χ0v) is 11.0. The molecule has 0 spiro atoms. The van der Waals surface area contributed by atoms with E-state index in [1.165, 1.54) is 37.7 Å². The van der Waals surface area contributed by atoms with Crippen LogP contribution in [0.15, 0.2) is 24.3 Å². The molecule has 0 aliphatic heterocycles. The minimum atomic E-state index is -0.324. The first kappa shape index (κ1) is 12.6. The van der Waals surface area contributed by atoms with E-state index in [1.54, 1.807) is 0 Å². The van der Waals surface area contributed by atoms with Crippen LogP contribution in [-0.4, -0.2) is 5.11 Å². The van der Waals surface area contributed by atoms with Crippen molar-refractivity contribution in [1.29, 1.82) is 0 Å². The summed E-state index contributed by atoms with van der Waals surface area (Å²) in [6.45, 7) is 4.11. The fraction of sp³-hybridized carbons (Fsp3) is 0.625. The molecule has 1 aliphatic rings. The van der Waals surface area contributed by atoms with Crippen molar-refractivity contribution in [1.82, 2.24) is 0 Å². The van der Waals surface area contributed by atoms with E-state index in [1.807, 2.05) is 0 Å². The zero-order valence-electron chi connectivity index (χ0n) is 11.0. The normalized spacial score (nSPS) is 19.5. The number of aliphatic hydroxyl groups is 1. The molecular formula is C16H24O. The lowest BCUT2D eigenvalue weighted by Gasteiger charge is -2.22. The van der Waals surface area contributed by atoms with Crippen molar-refractivity contribution in [2.24, 2.45) is 5.92 Å². The fourth-order valence-electron chi connectivity index (χ4n) is 2.79. The second-order valence-electron chi connectivity index (χ2n) is 5.69. The van der Waals surface area contributed by atoms with Crippen molar-refractivity contribution in [2.45, 2.75) is 58.0 Å². The van der Waals surface area contributed by atoms with E-state index < -0.39 is 0 Å². The van der Waals surface area contributed by atoms with E-state index in [-0.39, 0.29) is 12.0 Å². The highest BCUT2D eigenvalue weighted by molar-refractivity contribution is 5.27. The standard InChI is InChI=1S/C16H24O/c1-12(2)16(17)15-10-8-14(9-11-15)13-6-4-3-5-7-13/h8-13,16-17H,3-7H2,1-2H3. The summed E-state index contributed by atoms with van der Waals surface area (Å²) in [5.74, 6) is 1.05. The van der Waals surface area contributed by atoms with Crippen molar-refractivity contribution in [3.63, 3.8) is 0 Å². The number of rotatable bonds is 3. The van der Waals surface area contributed by atoms with Gasteiger partial charge in [-0.25, -0.2) is 0 Å². The SMILES string of the molecule is CC(C)C(O)c1ccc(C2CCCCC2)cc1. The summed E-state index contributed by atoms with van der Waals surface area (Å²) in [5.41, 5.74) is 2.52. The van der Waals surface area contributed by atoms with Crippen molar-refractivity contribution in [3.8, 4) is 0 Å². The van der Waals surface area contributed by atoms with Gasteiger partial charge in [0.05, 0.1) is 6.10 Å². The van der Waals surface area contributed by atoms with E-state index >= 15 is 0 Å². The van der Waals surface area contributed by atoms with E-state index in [9.17, 15) is 5.11 Å². The van der Waals surface area contributed by atoms with Crippen LogP contribution in [0.1, 0.15) is 69.1 Å². The molecule has 1 unspecified atom stereocenters. The summed E-state index contributed by atoms with van der Waals surface area (Å²) in [6.07, 6.45) is 6.51. The monoisotopic (exact) mass is 232 g/mol. The molecule has 0 aromatic heterocycles. The van der Waals surface area contributed by atoms with Crippen molar-refractivity contribution in [3.05, 3.63) is 35.4 Å². The summed E-state index contributed by atoms with van der Waals surface area (Å²) >= 11 is 0. The molecular weight excluding hydrogens is 208 g/mol. The van der Waals surface area contributed by atoms with Gasteiger partial charge in [-0.1, -0.05) is 57.4 Å². The van der Waals surface area contributed by atoms with E-state index in [0.717, 1.165) is 11.5 Å². The molecule has 2 rings (SSSR count). The van der Waals surface area contributed by atoms with Crippen molar-refractivity contribution in [2.75, 3.05) is 0 Å². The average Bonchev–Trinajstić information content (AvgIpc) is 2.39. The Labute approximate surface area is 105 Å². The topological polar surface area (TPSA) is 20.2 Å². The second kappa shape index (κ2) is 5.68. The van der Waals surface area contributed by atoms with Crippen LogP contribution in [0.3, 0.4) is 0 Å². The third-order valence-electron chi connectivity index (χ3n) is 3.99. The molecule has 17 heavy (non-hydrogen) atoms. The molecule has 1 heteroatoms. The largest absolute Gasteiger partial charge is 0.388 e. The molecule has 94 valence electrons. The van der Waals surface area contributed by atoms with Gasteiger partial charge in [-0.15, -0.1) is 0 Å². The maximum atomic E-state index is 10.00. The average molecular weight is 232 g/mol. The van der Waals surface area contributed by atoms with E-state index in [4.69, 9.17) is 0 Å². The summed E-state index contributed by atoms with van der Waals surface area (Å²) in [6, 6.07) is 8.65. The summed E-state index contributed by atoms with van der Waals surface area (Å²) in [4.78, 5) is 0. The molecule has 1 atom stereocenters. The van der Waals surface area contributed by atoms with Crippen LogP contribution in [0.5, 0.6) is 0 Å². The van der Waals surface area contributed by atoms with Gasteiger partial charge in [0, 0.05) is 0 Å². The predicted molar refractivity (Wildman–Crippen MR) is 72.1 cm³/mol. The van der Waals surface area contributed by atoms with Gasteiger partial charge in [-0.2, -0.15) is 0 Å². The van der Waals surface area contributed by atoms with Gasteiger partial charge >= 0.3 is 0 Å². The molecule has 1 fully saturated rings. The van der Waals surface area contributed by atoms with Crippen molar-refractivity contribution < 1.29 is 5.11 Å². The Morgan fingerprint density at radius 3 is 2.12 bits per heavy atom. The Balaban J connectivity index is 2.06. The van der Waals surface area contributed by atoms with Gasteiger partial charge in [0.1, 0.15) is 0 Å². The summed E-state index contributed by atoms with van der Waals surface area (Å²) in [5, 5.41) is 10.00. The Kier molecular flexibility index (Phi) is 4.22. The highest BCUT2D eigenvalue weighted by Gasteiger charge is 2.16. The minimum absolute atomic E-state index is 0.288. The highest BCUT2D eigenvalue weighted by atomic mass is 16.3. The Hall–Kier alpha value is -0.820. The zero-order chi connectivity index (χ0) is 12.3. The highest BCUT2D eigenvalue weighted by Crippen LogP contribution is 2.33. The van der Waals surface area contributed by atoms with Gasteiger partial charge in [-0.3, -0.25) is 0 Å². The van der Waals surface area contributed by atoms with Crippen LogP contribution < -0.4 is 0 Å². The maximum Gasteiger partial charge on any atom is 0.0812 e. The Bertz CT molecular complexity index is 333. The van der Waals surface area contributed by atoms with Gasteiger partial charge in [0.25, 0.3) is 0 Å². The van der Waals surface area contributed by atoms with Crippen molar-refractivity contribution >= 4 is 0 Å². The molecule has 1 nitrogen and oxygen atoms in total. The van der Waals surface area contributed by atoms with Gasteiger partial charge in [-0.05, 0) is 35.8 Å². The fourth-order valence-corrected chi connectivity index (χ4v) is 2.79. The molecule has 0 bridgehead atoms. The van der Waals surface area contributed by atoms with Crippen LogP contribution >= 0.6 is 0 Å². The molecule has 1 aromatic carbocycles. The van der Waals surface area contributed by atoms with Crippen LogP contribution in [0, 0.1) is 5.92 Å². The van der Waals surface area contributed by atoms with E-state index in [2.05, 4.69) is 38.1 Å². The first-order chi connectivity index (χ1) is 8.18. The first-order valence-corrected chi connectivity index (χ1v) is 6.96. The van der Waals surface area contributed by atoms with Crippen LogP contribution in [-0.2, 0) is 0 Å². The second-order valence-corrected chi connectivity index (χ2v) is 5.69. The molecule has 0 heterocycles. The number of aliphatic hydroxyl groups excluding tert-OH is 1. The summed E-state index contributed by atoms with van der Waals surface area (Å²) < 4.78 is 0. The van der Waals surface area contributed by atoms with Gasteiger partial charge in [0.2, 0.25) is 0 Å². The van der Waals surface area contributed by atoms with Gasteiger partial charge < -0.3 is 5.11 Å². The number of hydrogen-bond donors (Lipinski definition) is 1. The molecule has 1 aliphatic carbocycles. The lowest BCUT2D eigenvalue weighted by molar-refractivity contribution is 0.127. The molecule has 0 amide bonds. The quantitative estimate of drug-likeness (QED) is 0.817. The Morgan fingerprint density at radius 1 is 1.00 bits per heavy atom. The van der Waals surface area contributed by atoms with E-state index in [0.29, 0.717) is 0 Å². The molecule has 1 aromatic rings. The number of benzene rings is 1. The van der Waals surface area contributed by atoms with Crippen LogP contribution in [0.4, 0.5) is 0 Å².